The van der Waals surface area contributed by atoms with E-state index in [2.05, 4.69) is 51.2 Å². The molecule has 6 nitrogen and oxygen atoms in total. The molecule has 4 rings (SSSR count). The second-order valence-electron chi connectivity index (χ2n) is 6.00. The van der Waals surface area contributed by atoms with Crippen molar-refractivity contribution in [3.63, 3.8) is 0 Å². The van der Waals surface area contributed by atoms with Gasteiger partial charge in [-0.1, -0.05) is 18.2 Å². The van der Waals surface area contributed by atoms with Crippen LogP contribution in [0, 0.1) is 0 Å². The predicted molar refractivity (Wildman–Crippen MR) is 89.6 cm³/mol. The van der Waals surface area contributed by atoms with Gasteiger partial charge in [0.1, 0.15) is 0 Å². The van der Waals surface area contributed by atoms with Gasteiger partial charge < -0.3 is 4.90 Å². The molecular weight excluding hydrogens is 290 g/mol. The Morgan fingerprint density at radius 2 is 2.09 bits per heavy atom. The Morgan fingerprint density at radius 1 is 1.22 bits per heavy atom. The molecule has 0 saturated carbocycles. The summed E-state index contributed by atoms with van der Waals surface area (Å²) in [5.74, 6) is 0. The van der Waals surface area contributed by atoms with Gasteiger partial charge >= 0.3 is 0 Å². The van der Waals surface area contributed by atoms with Crippen molar-refractivity contribution in [2.24, 2.45) is 0 Å². The molecule has 0 bridgehead atoms. The second-order valence-corrected chi connectivity index (χ2v) is 6.00. The number of rotatable bonds is 2. The van der Waals surface area contributed by atoms with Crippen LogP contribution in [0.5, 0.6) is 0 Å². The summed E-state index contributed by atoms with van der Waals surface area (Å²) >= 11 is 0. The third-order valence-electron chi connectivity index (χ3n) is 4.37. The number of anilines is 1. The first-order chi connectivity index (χ1) is 11.2. The average Bonchev–Trinajstić information content (AvgIpc) is 2.96. The highest BCUT2D eigenvalue weighted by Crippen LogP contribution is 2.24. The average molecular weight is 309 g/mol. The smallest absolute Gasteiger partial charge is 0.272 e. The van der Waals surface area contributed by atoms with Gasteiger partial charge in [-0.05, 0) is 11.6 Å². The van der Waals surface area contributed by atoms with Crippen molar-refractivity contribution in [2.45, 2.75) is 13.1 Å². The molecule has 2 aromatic heterocycles. The van der Waals surface area contributed by atoms with Crippen LogP contribution < -0.4 is 10.5 Å². The highest BCUT2D eigenvalue weighted by Gasteiger charge is 2.18. The number of para-hydroxylation sites is 1. The van der Waals surface area contributed by atoms with E-state index < -0.39 is 0 Å². The Kier molecular flexibility index (Phi) is 3.38. The molecular formula is C17H19N5O. The van der Waals surface area contributed by atoms with E-state index in [9.17, 15) is 4.79 Å². The minimum atomic E-state index is -0.0673. The fourth-order valence-corrected chi connectivity index (χ4v) is 3.17. The van der Waals surface area contributed by atoms with Crippen LogP contribution in [0.15, 0.2) is 47.4 Å². The van der Waals surface area contributed by atoms with Gasteiger partial charge in [0.2, 0.25) is 0 Å². The van der Waals surface area contributed by atoms with Crippen molar-refractivity contribution in [1.82, 2.24) is 19.5 Å². The summed E-state index contributed by atoms with van der Waals surface area (Å²) in [5, 5.41) is 2.87. The van der Waals surface area contributed by atoms with E-state index in [0.717, 1.165) is 25.3 Å². The fraction of sp³-hybridized carbons (Fsp3) is 0.294. The van der Waals surface area contributed by atoms with Crippen molar-refractivity contribution >= 4 is 11.3 Å². The van der Waals surface area contributed by atoms with Gasteiger partial charge in [0.25, 0.3) is 5.56 Å². The lowest BCUT2D eigenvalue weighted by Crippen LogP contribution is -2.30. The molecule has 23 heavy (non-hydrogen) atoms. The summed E-state index contributed by atoms with van der Waals surface area (Å²) in [6, 6.07) is 11.9. The van der Waals surface area contributed by atoms with Crippen LogP contribution in [0.4, 0.5) is 5.69 Å². The first-order valence-electron chi connectivity index (χ1n) is 7.78. The Labute approximate surface area is 134 Å². The summed E-state index contributed by atoms with van der Waals surface area (Å²) in [4.78, 5) is 21.3. The number of hydrogen-bond donors (Lipinski definition) is 1. The lowest BCUT2D eigenvalue weighted by Gasteiger charge is -2.20. The Bertz CT molecular complexity index is 897. The van der Waals surface area contributed by atoms with Gasteiger partial charge in [0, 0.05) is 57.2 Å². The Balaban J connectivity index is 1.62. The van der Waals surface area contributed by atoms with Crippen LogP contribution in [0.25, 0.3) is 5.65 Å². The van der Waals surface area contributed by atoms with Crippen LogP contribution >= 0.6 is 0 Å². The number of nitrogens with one attached hydrogen (secondary N) is 1. The zero-order chi connectivity index (χ0) is 15.8. The molecule has 6 heteroatoms. The quantitative estimate of drug-likeness (QED) is 0.779. The summed E-state index contributed by atoms with van der Waals surface area (Å²) in [6.45, 7) is 3.45. The number of likely N-dealkylation sites (N-methyl/N-ethyl adjacent to an activating group) is 1. The van der Waals surface area contributed by atoms with Crippen LogP contribution in [-0.2, 0) is 13.1 Å². The molecule has 0 radical (unpaired) electrons. The maximum atomic E-state index is 12.1. The van der Waals surface area contributed by atoms with E-state index in [-0.39, 0.29) is 5.56 Å². The van der Waals surface area contributed by atoms with Gasteiger partial charge in [-0.3, -0.25) is 14.8 Å². The molecule has 118 valence electrons. The highest BCUT2D eigenvalue weighted by molar-refractivity contribution is 5.53. The number of aromatic nitrogens is 3. The standard InChI is InChI=1S/C17H19N5O/c1-20-8-9-21(11-13-4-2-3-5-15(13)20)12-14-10-17(23)22-16(19-14)6-7-18-22/h2-7,10,18H,8-9,11-12H2,1H3. The number of benzene rings is 1. The lowest BCUT2D eigenvalue weighted by molar-refractivity contribution is 0.266. The first-order valence-corrected chi connectivity index (χ1v) is 7.78. The minimum Gasteiger partial charge on any atom is -0.373 e. The number of fused-ring (bicyclic) bond motifs is 2. The van der Waals surface area contributed by atoms with Gasteiger partial charge in [0.05, 0.1) is 5.69 Å². The number of nitrogens with zero attached hydrogens (tertiary/aromatic N) is 4. The third kappa shape index (κ3) is 2.61. The molecule has 3 aromatic rings. The molecule has 3 heterocycles. The normalized spacial score (nSPS) is 15.6. The second kappa shape index (κ2) is 5.55. The minimum absolute atomic E-state index is 0.0673. The van der Waals surface area contributed by atoms with Crippen LogP contribution in [0.2, 0.25) is 0 Å². The van der Waals surface area contributed by atoms with Crippen molar-refractivity contribution in [2.75, 3.05) is 25.0 Å². The van der Waals surface area contributed by atoms with Gasteiger partial charge in [-0.15, -0.1) is 0 Å². The van der Waals surface area contributed by atoms with E-state index in [4.69, 9.17) is 0 Å². The highest BCUT2D eigenvalue weighted by atomic mass is 16.1. The van der Waals surface area contributed by atoms with E-state index >= 15 is 0 Å². The fourth-order valence-electron chi connectivity index (χ4n) is 3.17. The molecule has 0 unspecified atom stereocenters. The molecule has 0 aliphatic carbocycles. The number of aromatic amines is 1. The van der Waals surface area contributed by atoms with Crippen molar-refractivity contribution in [3.8, 4) is 0 Å². The molecule has 1 aromatic carbocycles. The molecule has 1 N–H and O–H groups in total. The molecule has 1 aliphatic heterocycles. The molecule has 0 fully saturated rings. The molecule has 0 atom stereocenters. The monoisotopic (exact) mass is 309 g/mol. The largest absolute Gasteiger partial charge is 0.373 e. The summed E-state index contributed by atoms with van der Waals surface area (Å²) in [5.41, 5.74) is 4.01. The topological polar surface area (TPSA) is 56.6 Å². The molecule has 1 aliphatic rings. The van der Waals surface area contributed by atoms with Crippen molar-refractivity contribution in [3.05, 3.63) is 64.2 Å². The third-order valence-corrected chi connectivity index (χ3v) is 4.37. The Morgan fingerprint density at radius 3 is 3.00 bits per heavy atom. The molecule has 0 amide bonds. The maximum Gasteiger partial charge on any atom is 0.272 e. The van der Waals surface area contributed by atoms with Gasteiger partial charge in [-0.25, -0.2) is 9.50 Å². The van der Waals surface area contributed by atoms with Gasteiger partial charge in [0.15, 0.2) is 5.65 Å². The molecule has 0 spiro atoms. The number of hydrogen-bond acceptors (Lipinski definition) is 4. The van der Waals surface area contributed by atoms with E-state index in [1.54, 1.807) is 12.3 Å². The zero-order valence-electron chi connectivity index (χ0n) is 13.1. The van der Waals surface area contributed by atoms with E-state index in [1.165, 1.54) is 15.8 Å². The van der Waals surface area contributed by atoms with Crippen LogP contribution in [0.3, 0.4) is 0 Å². The zero-order valence-corrected chi connectivity index (χ0v) is 13.1. The van der Waals surface area contributed by atoms with Gasteiger partial charge in [-0.2, -0.15) is 0 Å². The van der Waals surface area contributed by atoms with Crippen LogP contribution in [-0.4, -0.2) is 39.6 Å². The van der Waals surface area contributed by atoms with Crippen LogP contribution in [0.1, 0.15) is 11.3 Å². The first kappa shape index (κ1) is 14.0. The summed E-state index contributed by atoms with van der Waals surface area (Å²) < 4.78 is 1.45. The van der Waals surface area contributed by atoms with Crippen molar-refractivity contribution < 1.29 is 0 Å². The predicted octanol–water partition coefficient (Wildman–Crippen LogP) is 1.47. The number of H-pyrrole nitrogens is 1. The Hall–Kier alpha value is -2.60. The lowest BCUT2D eigenvalue weighted by atomic mass is 10.1. The SMILES string of the molecule is CN1CCN(Cc2cc(=O)n3[nH]ccc3n2)Cc2ccccc21. The van der Waals surface area contributed by atoms with E-state index in [1.807, 2.05) is 6.07 Å². The maximum absolute atomic E-state index is 12.1. The summed E-state index contributed by atoms with van der Waals surface area (Å²) in [6.07, 6.45) is 1.73. The van der Waals surface area contributed by atoms with E-state index in [0.29, 0.717) is 12.2 Å². The summed E-state index contributed by atoms with van der Waals surface area (Å²) in [7, 11) is 2.12. The van der Waals surface area contributed by atoms with Crippen molar-refractivity contribution in [1.29, 1.82) is 0 Å². The molecule has 0 saturated heterocycles.